The summed E-state index contributed by atoms with van der Waals surface area (Å²) in [6, 6.07) is 8.35. The molecule has 1 unspecified atom stereocenters. The van der Waals surface area contributed by atoms with Crippen LogP contribution in [-0.4, -0.2) is 29.2 Å². The second-order valence-electron chi connectivity index (χ2n) is 6.27. The van der Waals surface area contributed by atoms with Crippen LogP contribution in [-0.2, 0) is 19.4 Å². The lowest BCUT2D eigenvalue weighted by molar-refractivity contribution is 0.0940. The number of aromatic nitrogens is 2. The number of hydrogen-bond acceptors (Lipinski definition) is 3. The van der Waals surface area contributed by atoms with Gasteiger partial charge in [-0.1, -0.05) is 41.4 Å². The molecule has 1 aliphatic heterocycles. The molecule has 3 rings (SSSR count). The van der Waals surface area contributed by atoms with E-state index in [1.807, 2.05) is 12.1 Å². The van der Waals surface area contributed by atoms with Gasteiger partial charge < -0.3 is 10.6 Å². The minimum atomic E-state index is -0.0797. The van der Waals surface area contributed by atoms with Crippen LogP contribution in [0.4, 0.5) is 0 Å². The zero-order chi connectivity index (χ0) is 16.9. The average molecular weight is 391 g/mol. The molecule has 0 aliphatic carbocycles. The van der Waals surface area contributed by atoms with Crippen molar-refractivity contribution in [3.63, 3.8) is 0 Å². The highest BCUT2D eigenvalue weighted by Crippen LogP contribution is 2.18. The monoisotopic (exact) mass is 390 g/mol. The fourth-order valence-corrected chi connectivity index (χ4v) is 3.54. The lowest BCUT2D eigenvalue weighted by Gasteiger charge is -2.17. The largest absolute Gasteiger partial charge is 0.350 e. The summed E-state index contributed by atoms with van der Waals surface area (Å²) in [5.41, 5.74) is 3.92. The highest BCUT2D eigenvalue weighted by Gasteiger charge is 2.21. The van der Waals surface area contributed by atoms with Crippen molar-refractivity contribution < 1.29 is 4.79 Å². The molecule has 1 aromatic carbocycles. The molecule has 3 N–H and O–H groups in total. The van der Waals surface area contributed by atoms with Crippen LogP contribution >= 0.6 is 15.9 Å². The number of fused-ring (bicyclic) bond motifs is 1. The van der Waals surface area contributed by atoms with Crippen LogP contribution < -0.4 is 10.6 Å². The number of carbonyl (C=O) groups is 1. The summed E-state index contributed by atoms with van der Waals surface area (Å²) < 4.78 is 1.09. The van der Waals surface area contributed by atoms with Gasteiger partial charge in [0.15, 0.2) is 5.69 Å². The molecule has 0 spiro atoms. The fraction of sp³-hybridized carbons (Fsp3) is 0.444. The predicted octanol–water partition coefficient (Wildman–Crippen LogP) is 2.82. The second kappa shape index (κ2) is 7.94. The molecular formula is C18H23BrN4O. The summed E-state index contributed by atoms with van der Waals surface area (Å²) in [6.45, 7) is 4.47. The van der Waals surface area contributed by atoms with Gasteiger partial charge in [-0.15, -0.1) is 0 Å². The van der Waals surface area contributed by atoms with Crippen LogP contribution in [0.25, 0.3) is 0 Å². The lowest BCUT2D eigenvalue weighted by Crippen LogP contribution is -2.32. The predicted molar refractivity (Wildman–Crippen MR) is 98.0 cm³/mol. The first-order chi connectivity index (χ1) is 11.7. The zero-order valence-corrected chi connectivity index (χ0v) is 15.4. The quantitative estimate of drug-likeness (QED) is 0.709. The van der Waals surface area contributed by atoms with Crippen molar-refractivity contribution in [3.8, 4) is 0 Å². The highest BCUT2D eigenvalue weighted by molar-refractivity contribution is 9.10. The number of carbonyl (C=O) groups excluding carboxylic acids is 1. The number of rotatable bonds is 6. The number of hydrogen-bond donors (Lipinski definition) is 3. The van der Waals surface area contributed by atoms with E-state index in [0.29, 0.717) is 24.7 Å². The Morgan fingerprint density at radius 1 is 1.46 bits per heavy atom. The maximum absolute atomic E-state index is 12.5. The van der Waals surface area contributed by atoms with Crippen LogP contribution in [0, 0.1) is 5.92 Å². The van der Waals surface area contributed by atoms with E-state index < -0.39 is 0 Å². The number of nitrogens with zero attached hydrogens (tertiary/aromatic N) is 1. The van der Waals surface area contributed by atoms with Crippen LogP contribution in [0.1, 0.15) is 40.7 Å². The third-order valence-electron chi connectivity index (χ3n) is 4.56. The van der Waals surface area contributed by atoms with Gasteiger partial charge in [0.25, 0.3) is 5.91 Å². The van der Waals surface area contributed by atoms with Crippen molar-refractivity contribution >= 4 is 21.8 Å². The molecule has 1 aliphatic rings. The summed E-state index contributed by atoms with van der Waals surface area (Å²) in [5.74, 6) is 0.333. The van der Waals surface area contributed by atoms with Crippen LogP contribution in [0.5, 0.6) is 0 Å². The molecule has 1 atom stereocenters. The Kier molecular flexibility index (Phi) is 5.68. The Morgan fingerprint density at radius 2 is 2.33 bits per heavy atom. The standard InChI is InChI=1S/C18H23BrN4O/c1-2-12(8-13-4-3-5-14(19)9-13)10-21-18(24)17-15-11-20-7-6-16(15)22-23-17/h3-5,9,12,20H,2,6-8,10-11H2,1H3,(H,21,24)(H,22,23). The minimum Gasteiger partial charge on any atom is -0.350 e. The molecule has 0 saturated heterocycles. The molecule has 6 heteroatoms. The van der Waals surface area contributed by atoms with E-state index in [1.165, 1.54) is 5.56 Å². The zero-order valence-electron chi connectivity index (χ0n) is 13.9. The van der Waals surface area contributed by atoms with E-state index in [-0.39, 0.29) is 5.91 Å². The number of H-pyrrole nitrogens is 1. The van der Waals surface area contributed by atoms with Crippen molar-refractivity contribution in [1.29, 1.82) is 0 Å². The first-order valence-corrected chi connectivity index (χ1v) is 9.26. The summed E-state index contributed by atoms with van der Waals surface area (Å²) in [7, 11) is 0. The van der Waals surface area contributed by atoms with E-state index in [9.17, 15) is 4.79 Å². The highest BCUT2D eigenvalue weighted by atomic mass is 79.9. The van der Waals surface area contributed by atoms with Crippen molar-refractivity contribution in [2.24, 2.45) is 5.92 Å². The molecule has 24 heavy (non-hydrogen) atoms. The van der Waals surface area contributed by atoms with E-state index in [0.717, 1.165) is 41.5 Å². The van der Waals surface area contributed by atoms with Gasteiger partial charge in [0.1, 0.15) is 0 Å². The van der Waals surface area contributed by atoms with Gasteiger partial charge in [0.2, 0.25) is 0 Å². The van der Waals surface area contributed by atoms with Gasteiger partial charge >= 0.3 is 0 Å². The summed E-state index contributed by atoms with van der Waals surface area (Å²) >= 11 is 3.51. The summed E-state index contributed by atoms with van der Waals surface area (Å²) in [6.07, 6.45) is 2.87. The van der Waals surface area contributed by atoms with Crippen molar-refractivity contribution in [2.75, 3.05) is 13.1 Å². The maximum Gasteiger partial charge on any atom is 0.272 e. The molecule has 0 bridgehead atoms. The smallest absolute Gasteiger partial charge is 0.272 e. The van der Waals surface area contributed by atoms with E-state index >= 15 is 0 Å². The Labute approximate surface area is 150 Å². The van der Waals surface area contributed by atoms with E-state index in [4.69, 9.17) is 0 Å². The Balaban J connectivity index is 1.59. The third kappa shape index (κ3) is 4.05. The van der Waals surface area contributed by atoms with Gasteiger partial charge in [-0.3, -0.25) is 9.89 Å². The molecule has 0 radical (unpaired) electrons. The number of halogens is 1. The van der Waals surface area contributed by atoms with E-state index in [1.54, 1.807) is 0 Å². The van der Waals surface area contributed by atoms with Gasteiger partial charge in [-0.05, 0) is 30.0 Å². The van der Waals surface area contributed by atoms with Gasteiger partial charge in [-0.2, -0.15) is 5.10 Å². The van der Waals surface area contributed by atoms with Crippen molar-refractivity contribution in [3.05, 3.63) is 51.3 Å². The number of benzene rings is 1. The molecule has 1 aromatic heterocycles. The summed E-state index contributed by atoms with van der Waals surface area (Å²) in [5, 5.41) is 13.6. The average Bonchev–Trinajstić information content (AvgIpc) is 3.02. The van der Waals surface area contributed by atoms with Crippen LogP contribution in [0.2, 0.25) is 0 Å². The fourth-order valence-electron chi connectivity index (χ4n) is 3.09. The van der Waals surface area contributed by atoms with Crippen molar-refractivity contribution in [2.45, 2.75) is 32.7 Å². The molecule has 0 saturated carbocycles. The van der Waals surface area contributed by atoms with Gasteiger partial charge in [0.05, 0.1) is 0 Å². The minimum absolute atomic E-state index is 0.0797. The third-order valence-corrected chi connectivity index (χ3v) is 5.06. The molecule has 2 heterocycles. The van der Waals surface area contributed by atoms with Crippen LogP contribution in [0.15, 0.2) is 28.7 Å². The summed E-state index contributed by atoms with van der Waals surface area (Å²) in [4.78, 5) is 12.5. The second-order valence-corrected chi connectivity index (χ2v) is 7.19. The molecule has 0 fully saturated rings. The van der Waals surface area contributed by atoms with Crippen LogP contribution in [0.3, 0.4) is 0 Å². The van der Waals surface area contributed by atoms with Gasteiger partial charge in [-0.25, -0.2) is 0 Å². The van der Waals surface area contributed by atoms with Gasteiger partial charge in [0, 0.05) is 41.8 Å². The SMILES string of the molecule is CCC(CNC(=O)c1n[nH]c2c1CNCC2)Cc1cccc(Br)c1. The number of nitrogens with one attached hydrogen (secondary N) is 3. The molecule has 128 valence electrons. The Bertz CT molecular complexity index is 713. The molecule has 2 aromatic rings. The number of aromatic amines is 1. The maximum atomic E-state index is 12.5. The number of amides is 1. The van der Waals surface area contributed by atoms with E-state index in [2.05, 4.69) is 55.8 Å². The normalized spacial score (nSPS) is 14.9. The Morgan fingerprint density at radius 3 is 3.12 bits per heavy atom. The Hall–Kier alpha value is -1.66. The lowest BCUT2D eigenvalue weighted by atomic mass is 9.97. The van der Waals surface area contributed by atoms with Crippen molar-refractivity contribution in [1.82, 2.24) is 20.8 Å². The first-order valence-electron chi connectivity index (χ1n) is 8.46. The first kappa shape index (κ1) is 17.2. The topological polar surface area (TPSA) is 69.8 Å². The molecule has 5 nitrogen and oxygen atoms in total. The molecule has 1 amide bonds. The molecular weight excluding hydrogens is 368 g/mol.